The quantitative estimate of drug-likeness (QED) is 0.663. The number of amides is 1. The van der Waals surface area contributed by atoms with Crippen molar-refractivity contribution in [2.24, 2.45) is 0 Å². The maximum Gasteiger partial charge on any atom is 0.231 e. The molecule has 2 aromatic carbocycles. The zero-order valence-electron chi connectivity index (χ0n) is 15.2. The van der Waals surface area contributed by atoms with E-state index >= 15 is 0 Å². The first-order valence-corrected chi connectivity index (χ1v) is 11.0. The SMILES string of the molecule is CN(c1ccc(-c2csc(NC(=O)Cc3ccccc3F)n2)cc1)S(C)(=O)=O. The molecular formula is C19H18FN3O3S2. The number of hydrogen-bond donors (Lipinski definition) is 1. The minimum Gasteiger partial charge on any atom is -0.302 e. The van der Waals surface area contributed by atoms with Crippen molar-refractivity contribution in [2.75, 3.05) is 22.9 Å². The molecule has 1 heterocycles. The molecule has 0 radical (unpaired) electrons. The Labute approximate surface area is 166 Å². The van der Waals surface area contributed by atoms with Gasteiger partial charge in [0.2, 0.25) is 15.9 Å². The van der Waals surface area contributed by atoms with Crippen molar-refractivity contribution in [2.45, 2.75) is 6.42 Å². The number of sulfonamides is 1. The van der Waals surface area contributed by atoms with Gasteiger partial charge in [-0.1, -0.05) is 30.3 Å². The van der Waals surface area contributed by atoms with Gasteiger partial charge in [-0.15, -0.1) is 11.3 Å². The number of rotatable bonds is 6. The Morgan fingerprint density at radius 2 is 1.86 bits per heavy atom. The van der Waals surface area contributed by atoms with E-state index in [0.29, 0.717) is 22.1 Å². The van der Waals surface area contributed by atoms with Crippen LogP contribution in [0, 0.1) is 5.82 Å². The first kappa shape index (κ1) is 20.0. The van der Waals surface area contributed by atoms with Gasteiger partial charge in [0.05, 0.1) is 24.1 Å². The van der Waals surface area contributed by atoms with E-state index in [0.717, 1.165) is 11.8 Å². The van der Waals surface area contributed by atoms with E-state index in [4.69, 9.17) is 0 Å². The van der Waals surface area contributed by atoms with Crippen molar-refractivity contribution in [1.82, 2.24) is 4.98 Å². The topological polar surface area (TPSA) is 79.4 Å². The predicted octanol–water partition coefficient (Wildman–Crippen LogP) is 3.53. The molecule has 146 valence electrons. The van der Waals surface area contributed by atoms with Gasteiger partial charge in [0.1, 0.15) is 5.82 Å². The van der Waals surface area contributed by atoms with Crippen LogP contribution in [-0.2, 0) is 21.2 Å². The molecule has 9 heteroatoms. The number of hydrogen-bond acceptors (Lipinski definition) is 5. The van der Waals surface area contributed by atoms with Gasteiger partial charge in [-0.25, -0.2) is 17.8 Å². The molecule has 0 aliphatic carbocycles. The molecule has 0 unspecified atom stereocenters. The zero-order valence-corrected chi connectivity index (χ0v) is 16.8. The fourth-order valence-corrected chi connectivity index (χ4v) is 3.72. The Morgan fingerprint density at radius 1 is 1.18 bits per heavy atom. The molecule has 0 fully saturated rings. The van der Waals surface area contributed by atoms with Gasteiger partial charge in [-0.05, 0) is 23.8 Å². The van der Waals surface area contributed by atoms with Gasteiger partial charge < -0.3 is 5.32 Å². The normalized spacial score (nSPS) is 11.2. The molecule has 3 aromatic rings. The Morgan fingerprint density at radius 3 is 2.50 bits per heavy atom. The highest BCUT2D eigenvalue weighted by Gasteiger charge is 2.13. The molecule has 3 rings (SSSR count). The first-order chi connectivity index (χ1) is 13.2. The van der Waals surface area contributed by atoms with E-state index in [1.165, 1.54) is 28.8 Å². The van der Waals surface area contributed by atoms with Crippen LogP contribution in [0.5, 0.6) is 0 Å². The number of benzene rings is 2. The largest absolute Gasteiger partial charge is 0.302 e. The highest BCUT2D eigenvalue weighted by atomic mass is 32.2. The van der Waals surface area contributed by atoms with E-state index in [1.54, 1.807) is 47.8 Å². The highest BCUT2D eigenvalue weighted by molar-refractivity contribution is 7.92. The predicted molar refractivity (Wildman–Crippen MR) is 110 cm³/mol. The van der Waals surface area contributed by atoms with Crippen molar-refractivity contribution < 1.29 is 17.6 Å². The summed E-state index contributed by atoms with van der Waals surface area (Å²) in [4.78, 5) is 16.5. The maximum atomic E-state index is 13.6. The maximum absolute atomic E-state index is 13.6. The van der Waals surface area contributed by atoms with Gasteiger partial charge in [0, 0.05) is 18.0 Å². The molecule has 28 heavy (non-hydrogen) atoms. The van der Waals surface area contributed by atoms with Crippen LogP contribution >= 0.6 is 11.3 Å². The summed E-state index contributed by atoms with van der Waals surface area (Å²) < 4.78 is 38.0. The molecule has 0 atom stereocenters. The second-order valence-electron chi connectivity index (χ2n) is 6.13. The zero-order chi connectivity index (χ0) is 20.3. The minimum absolute atomic E-state index is 0.0753. The summed E-state index contributed by atoms with van der Waals surface area (Å²) in [7, 11) is -1.84. The monoisotopic (exact) mass is 419 g/mol. The highest BCUT2D eigenvalue weighted by Crippen LogP contribution is 2.27. The number of halogens is 1. The lowest BCUT2D eigenvalue weighted by Crippen LogP contribution is -2.24. The summed E-state index contributed by atoms with van der Waals surface area (Å²) in [5.41, 5.74) is 2.30. The van der Waals surface area contributed by atoms with E-state index in [9.17, 15) is 17.6 Å². The Kier molecular flexibility index (Phi) is 5.76. The number of anilines is 2. The van der Waals surface area contributed by atoms with Crippen LogP contribution in [0.3, 0.4) is 0 Å². The van der Waals surface area contributed by atoms with Crippen molar-refractivity contribution >= 4 is 38.1 Å². The fourth-order valence-electron chi connectivity index (χ4n) is 2.48. The Bertz CT molecular complexity index is 1100. The van der Waals surface area contributed by atoms with Gasteiger partial charge >= 0.3 is 0 Å². The van der Waals surface area contributed by atoms with Crippen molar-refractivity contribution in [3.8, 4) is 11.3 Å². The smallest absolute Gasteiger partial charge is 0.231 e. The van der Waals surface area contributed by atoms with E-state index < -0.39 is 15.8 Å². The standard InChI is InChI=1S/C19H18FN3O3S2/c1-23(28(2,25)26)15-9-7-13(8-10-15)17-12-27-19(21-17)22-18(24)11-14-5-3-4-6-16(14)20/h3-10,12H,11H2,1-2H3,(H,21,22,24). The number of aromatic nitrogens is 1. The van der Waals surface area contributed by atoms with Crippen molar-refractivity contribution in [1.29, 1.82) is 0 Å². The number of nitrogens with one attached hydrogen (secondary N) is 1. The summed E-state index contributed by atoms with van der Waals surface area (Å²) >= 11 is 1.26. The number of carbonyl (C=O) groups excluding carboxylic acids is 1. The van der Waals surface area contributed by atoms with Crippen LogP contribution in [0.25, 0.3) is 11.3 Å². The third kappa shape index (κ3) is 4.73. The molecule has 0 aliphatic heterocycles. The van der Waals surface area contributed by atoms with Crippen LogP contribution in [0.4, 0.5) is 15.2 Å². The summed E-state index contributed by atoms with van der Waals surface area (Å²) in [6.45, 7) is 0. The average molecular weight is 420 g/mol. The lowest BCUT2D eigenvalue weighted by molar-refractivity contribution is -0.115. The van der Waals surface area contributed by atoms with E-state index in [2.05, 4.69) is 10.3 Å². The Hall–Kier alpha value is -2.78. The molecule has 0 aliphatic rings. The van der Waals surface area contributed by atoms with Crippen LogP contribution < -0.4 is 9.62 Å². The number of nitrogens with zero attached hydrogens (tertiary/aromatic N) is 2. The van der Waals surface area contributed by atoms with Gasteiger partial charge in [0.25, 0.3) is 0 Å². The lowest BCUT2D eigenvalue weighted by atomic mass is 10.1. The van der Waals surface area contributed by atoms with Gasteiger partial charge in [-0.2, -0.15) is 0 Å². The second-order valence-corrected chi connectivity index (χ2v) is 9.00. The summed E-state index contributed by atoms with van der Waals surface area (Å²) in [5, 5.41) is 4.87. The van der Waals surface area contributed by atoms with E-state index in [-0.39, 0.29) is 12.3 Å². The number of carbonyl (C=O) groups is 1. The summed E-state index contributed by atoms with van der Waals surface area (Å²) in [5.74, 6) is -0.771. The molecule has 1 amide bonds. The Balaban J connectivity index is 1.68. The summed E-state index contributed by atoms with van der Waals surface area (Å²) in [6.07, 6.45) is 1.06. The number of thiazole rings is 1. The van der Waals surface area contributed by atoms with Crippen molar-refractivity contribution in [3.63, 3.8) is 0 Å². The third-order valence-corrected chi connectivity index (χ3v) is 6.05. The second kappa shape index (κ2) is 8.07. The van der Waals surface area contributed by atoms with Crippen molar-refractivity contribution in [3.05, 3.63) is 65.3 Å². The molecule has 0 saturated heterocycles. The molecule has 1 N–H and O–H groups in total. The summed E-state index contributed by atoms with van der Waals surface area (Å²) in [6, 6.07) is 13.0. The van der Waals surface area contributed by atoms with Gasteiger partial charge in [0.15, 0.2) is 5.13 Å². The first-order valence-electron chi connectivity index (χ1n) is 8.27. The third-order valence-electron chi connectivity index (χ3n) is 4.08. The minimum atomic E-state index is -3.33. The fraction of sp³-hybridized carbons (Fsp3) is 0.158. The van der Waals surface area contributed by atoms with Gasteiger partial charge in [-0.3, -0.25) is 9.10 Å². The molecule has 0 spiro atoms. The van der Waals surface area contributed by atoms with Crippen LogP contribution in [-0.4, -0.2) is 32.6 Å². The van der Waals surface area contributed by atoms with Crippen LogP contribution in [0.15, 0.2) is 53.9 Å². The molecule has 1 aromatic heterocycles. The molecule has 0 bridgehead atoms. The molecule has 6 nitrogen and oxygen atoms in total. The lowest BCUT2D eigenvalue weighted by Gasteiger charge is -2.16. The van der Waals surface area contributed by atoms with Crippen LogP contribution in [0.2, 0.25) is 0 Å². The molecular weight excluding hydrogens is 401 g/mol. The van der Waals surface area contributed by atoms with E-state index in [1.807, 2.05) is 0 Å². The molecule has 0 saturated carbocycles. The average Bonchev–Trinajstić information content (AvgIpc) is 3.11. The van der Waals surface area contributed by atoms with Crippen LogP contribution in [0.1, 0.15) is 5.56 Å².